The SMILES string of the molecule is CC(C)(C)OC(=O)N1CCN(c2ccc3c(c2)N(C(=O)O)c2ccc(C(C)(C)C)c(C(C)(C)C)c2C3(C)C)CC1.CC(C)(C)OC(=O)N1CCN(c2ccc3c(c2)N(C(=O)OC(C)(C)C)c2ccc(C(C)(C)C)cc2C3(C)C)CC1. The zero-order valence-corrected chi connectivity index (χ0v) is 52.5. The number of anilines is 6. The molecule has 14 heteroatoms. The average Bonchev–Trinajstić information content (AvgIpc) is 3.31. The summed E-state index contributed by atoms with van der Waals surface area (Å²) in [6.45, 7) is 50.7. The lowest BCUT2D eigenvalue weighted by atomic mass is 9.64. The Kier molecular flexibility index (Phi) is 16.2. The summed E-state index contributed by atoms with van der Waals surface area (Å²) in [5, 5.41) is 10.6. The fourth-order valence-electron chi connectivity index (χ4n) is 11.6. The largest absolute Gasteiger partial charge is 0.464 e. The predicted octanol–water partition coefficient (Wildman–Crippen LogP) is 15.5. The van der Waals surface area contributed by atoms with Gasteiger partial charge in [-0.05, 0) is 154 Å². The van der Waals surface area contributed by atoms with Crippen LogP contribution in [-0.2, 0) is 41.3 Å². The molecule has 436 valence electrons. The maximum absolute atomic E-state index is 13.8. The second kappa shape index (κ2) is 21.1. The first-order valence-corrected chi connectivity index (χ1v) is 28.7. The van der Waals surface area contributed by atoms with Crippen molar-refractivity contribution in [2.45, 2.75) is 196 Å². The molecule has 0 aliphatic carbocycles. The number of piperazine rings is 2. The molecule has 4 aliphatic heterocycles. The Morgan fingerprint density at radius 2 is 0.838 bits per heavy atom. The highest BCUT2D eigenvalue weighted by Gasteiger charge is 2.45. The number of amides is 4. The maximum Gasteiger partial charge on any atom is 0.419 e. The number of fused-ring (bicyclic) bond motifs is 4. The number of rotatable bonds is 2. The van der Waals surface area contributed by atoms with Gasteiger partial charge < -0.3 is 38.9 Å². The number of carboxylic acid groups (broad SMARTS) is 1. The van der Waals surface area contributed by atoms with Gasteiger partial charge in [0.05, 0.1) is 22.7 Å². The third kappa shape index (κ3) is 12.8. The normalized spacial score (nSPS) is 17.3. The van der Waals surface area contributed by atoms with Gasteiger partial charge in [-0.25, -0.2) is 29.0 Å². The molecule has 0 unspecified atom stereocenters. The zero-order chi connectivity index (χ0) is 59.8. The van der Waals surface area contributed by atoms with Crippen LogP contribution in [0.3, 0.4) is 0 Å². The Morgan fingerprint density at radius 1 is 0.425 bits per heavy atom. The third-order valence-corrected chi connectivity index (χ3v) is 15.5. The van der Waals surface area contributed by atoms with Crippen LogP contribution in [-0.4, -0.2) is 108 Å². The van der Waals surface area contributed by atoms with Crippen molar-refractivity contribution in [2.75, 3.05) is 72.0 Å². The van der Waals surface area contributed by atoms with Crippen molar-refractivity contribution in [2.24, 2.45) is 0 Å². The summed E-state index contributed by atoms with van der Waals surface area (Å²) < 4.78 is 17.1. The quantitative estimate of drug-likeness (QED) is 0.193. The van der Waals surface area contributed by atoms with Crippen LogP contribution in [0.4, 0.5) is 53.3 Å². The zero-order valence-electron chi connectivity index (χ0n) is 52.5. The molecule has 2 fully saturated rings. The van der Waals surface area contributed by atoms with Gasteiger partial charge in [-0.1, -0.05) is 120 Å². The van der Waals surface area contributed by atoms with E-state index in [2.05, 4.69) is 154 Å². The summed E-state index contributed by atoms with van der Waals surface area (Å²) in [7, 11) is 0. The minimum absolute atomic E-state index is 0.0204. The molecule has 4 amide bonds. The number of hydrogen-bond acceptors (Lipinski definition) is 9. The van der Waals surface area contributed by atoms with E-state index in [4.69, 9.17) is 14.2 Å². The molecule has 0 saturated carbocycles. The summed E-state index contributed by atoms with van der Waals surface area (Å²) in [6.07, 6.45) is -1.95. The van der Waals surface area contributed by atoms with Crippen LogP contribution in [0.2, 0.25) is 0 Å². The van der Waals surface area contributed by atoms with E-state index in [1.165, 1.54) is 21.6 Å². The summed E-state index contributed by atoms with van der Waals surface area (Å²) >= 11 is 0. The lowest BCUT2D eigenvalue weighted by Gasteiger charge is -2.45. The van der Waals surface area contributed by atoms with Gasteiger partial charge in [0.1, 0.15) is 16.8 Å². The number of carbonyl (C=O) groups is 4. The van der Waals surface area contributed by atoms with Crippen LogP contribution in [0, 0.1) is 0 Å². The second-order valence-electron chi connectivity index (χ2n) is 29.4. The Balaban J connectivity index is 0.000000231. The summed E-state index contributed by atoms with van der Waals surface area (Å²) in [6, 6.07) is 23.1. The average molecular weight is 1100 g/mol. The van der Waals surface area contributed by atoms with E-state index in [1.54, 1.807) is 14.7 Å². The van der Waals surface area contributed by atoms with Crippen LogP contribution < -0.4 is 19.6 Å². The fourth-order valence-corrected chi connectivity index (χ4v) is 11.6. The third-order valence-electron chi connectivity index (χ3n) is 15.5. The molecule has 4 aromatic rings. The molecule has 1 N–H and O–H groups in total. The van der Waals surface area contributed by atoms with Crippen molar-refractivity contribution in [3.63, 3.8) is 0 Å². The maximum atomic E-state index is 13.8. The molecule has 4 heterocycles. The Labute approximate surface area is 478 Å². The van der Waals surface area contributed by atoms with Crippen LogP contribution in [0.1, 0.15) is 191 Å². The predicted molar refractivity (Wildman–Crippen MR) is 325 cm³/mol. The van der Waals surface area contributed by atoms with Gasteiger partial charge in [0.15, 0.2) is 0 Å². The molecule has 0 radical (unpaired) electrons. The summed E-state index contributed by atoms with van der Waals surface area (Å²) in [5.41, 5.74) is 10.3. The Hall–Kier alpha value is -6.44. The van der Waals surface area contributed by atoms with Gasteiger partial charge in [-0.15, -0.1) is 0 Å². The molecular weight excluding hydrogens is 1000 g/mol. The van der Waals surface area contributed by atoms with E-state index in [1.807, 2.05) is 74.4 Å². The lowest BCUT2D eigenvalue weighted by Crippen LogP contribution is -2.50. The molecule has 0 bridgehead atoms. The van der Waals surface area contributed by atoms with Gasteiger partial charge in [0.25, 0.3) is 0 Å². The minimum Gasteiger partial charge on any atom is -0.464 e. The lowest BCUT2D eigenvalue weighted by molar-refractivity contribution is 0.0230. The molecule has 0 aromatic heterocycles. The molecule has 14 nitrogen and oxygen atoms in total. The van der Waals surface area contributed by atoms with Crippen LogP contribution >= 0.6 is 0 Å². The highest BCUT2D eigenvalue weighted by Crippen LogP contribution is 2.55. The second-order valence-corrected chi connectivity index (χ2v) is 29.4. The van der Waals surface area contributed by atoms with E-state index in [-0.39, 0.29) is 39.9 Å². The fraction of sp³-hybridized carbons (Fsp3) is 0.576. The standard InChI is InChI=1S/2C33H47N3O4/c1-30(2,3)22-12-15-26-25(20-22)33(10,11)24-14-13-23(21-27(24)36(26)29(38)40-32(7,8)9)34-16-18-35(19-17-34)28(37)39-31(4,5)6;1-30(2,3)23-14-15-24-27(26(23)31(4,5)6)33(10,11)22-13-12-21(20-25(22)36(24)28(37)38)34-16-18-35(19-17-34)29(39)40-32(7,8)9/h12-15,20-21H,16-19H2,1-11H3;12-15,20H,16-19H2,1-11H3,(H,37,38). The van der Waals surface area contributed by atoms with Crippen LogP contribution in [0.25, 0.3) is 0 Å². The van der Waals surface area contributed by atoms with Crippen LogP contribution in [0.5, 0.6) is 0 Å². The van der Waals surface area contributed by atoms with Gasteiger partial charge in [0.2, 0.25) is 0 Å². The highest BCUT2D eigenvalue weighted by molar-refractivity contribution is 6.02. The first kappa shape index (κ1) is 61.2. The first-order chi connectivity index (χ1) is 36.5. The number of benzene rings is 4. The van der Waals surface area contributed by atoms with Gasteiger partial charge in [-0.3, -0.25) is 0 Å². The van der Waals surface area contributed by atoms with Crippen molar-refractivity contribution in [1.29, 1.82) is 0 Å². The van der Waals surface area contributed by atoms with Crippen molar-refractivity contribution in [3.05, 3.63) is 106 Å². The smallest absolute Gasteiger partial charge is 0.419 e. The molecule has 0 spiro atoms. The summed E-state index contributed by atoms with van der Waals surface area (Å²) in [4.78, 5) is 63.0. The highest BCUT2D eigenvalue weighted by atomic mass is 16.6. The van der Waals surface area contributed by atoms with Gasteiger partial charge in [0, 0.05) is 74.6 Å². The van der Waals surface area contributed by atoms with Crippen molar-refractivity contribution < 1.29 is 38.5 Å². The number of carbonyl (C=O) groups excluding carboxylic acids is 3. The van der Waals surface area contributed by atoms with E-state index in [0.717, 1.165) is 50.7 Å². The molecular formula is C66H94N6O8. The Bertz CT molecular complexity index is 3010. The molecule has 2 saturated heterocycles. The number of hydrogen-bond donors (Lipinski definition) is 1. The van der Waals surface area contributed by atoms with Crippen LogP contribution in [0.15, 0.2) is 66.7 Å². The van der Waals surface area contributed by atoms with Crippen molar-refractivity contribution >= 4 is 58.5 Å². The Morgan fingerprint density at radius 3 is 1.24 bits per heavy atom. The molecule has 0 atom stereocenters. The number of ether oxygens (including phenoxy) is 3. The van der Waals surface area contributed by atoms with Crippen molar-refractivity contribution in [3.8, 4) is 0 Å². The van der Waals surface area contributed by atoms with Crippen molar-refractivity contribution in [1.82, 2.24) is 9.80 Å². The monoisotopic (exact) mass is 1100 g/mol. The summed E-state index contributed by atoms with van der Waals surface area (Å²) in [5.74, 6) is 0. The molecule has 4 aromatic carbocycles. The topological polar surface area (TPSA) is 136 Å². The van der Waals surface area contributed by atoms with Gasteiger partial charge >= 0.3 is 24.4 Å². The molecule has 80 heavy (non-hydrogen) atoms. The van der Waals surface area contributed by atoms with E-state index < -0.39 is 28.3 Å². The van der Waals surface area contributed by atoms with Gasteiger partial charge in [-0.2, -0.15) is 0 Å². The molecule has 8 rings (SSSR count). The van der Waals surface area contributed by atoms with E-state index in [9.17, 15) is 24.3 Å². The van der Waals surface area contributed by atoms with E-state index >= 15 is 0 Å². The minimum atomic E-state index is -0.992. The van der Waals surface area contributed by atoms with E-state index in [0.29, 0.717) is 58.0 Å². The molecule has 4 aliphatic rings. The number of nitrogens with zero attached hydrogens (tertiary/aromatic N) is 6. The first-order valence-electron chi connectivity index (χ1n) is 28.7.